The minimum atomic E-state index is 0.193. The lowest BCUT2D eigenvalue weighted by molar-refractivity contribution is -0.129. The van der Waals surface area contributed by atoms with Crippen molar-refractivity contribution in [2.45, 2.75) is 31.3 Å². The average Bonchev–Trinajstić information content (AvgIpc) is 3.14. The first-order chi connectivity index (χ1) is 14.6. The fourth-order valence-corrected chi connectivity index (χ4v) is 4.86. The highest BCUT2D eigenvalue weighted by Gasteiger charge is 2.23. The van der Waals surface area contributed by atoms with Crippen molar-refractivity contribution in [3.05, 3.63) is 65.7 Å². The van der Waals surface area contributed by atoms with Crippen molar-refractivity contribution in [3.8, 4) is 11.4 Å². The molecular formula is C24H28N4OS. The SMILES string of the molecule is Cc1ccccc1-c1nnc(SCC(=O)N2CCC(Cc3ccccc3)CC2)n1C. The fourth-order valence-electron chi connectivity index (χ4n) is 4.05. The maximum absolute atomic E-state index is 12.7. The van der Waals surface area contributed by atoms with Crippen LogP contribution in [0.1, 0.15) is 24.0 Å². The second kappa shape index (κ2) is 9.47. The Hall–Kier alpha value is -2.60. The lowest BCUT2D eigenvalue weighted by atomic mass is 9.90. The molecule has 0 aliphatic carbocycles. The number of hydrogen-bond acceptors (Lipinski definition) is 4. The summed E-state index contributed by atoms with van der Waals surface area (Å²) in [5.41, 5.74) is 3.63. The molecule has 1 saturated heterocycles. The predicted molar refractivity (Wildman–Crippen MR) is 121 cm³/mol. The van der Waals surface area contributed by atoms with Gasteiger partial charge >= 0.3 is 0 Å². The fraction of sp³-hybridized carbons (Fsp3) is 0.375. The van der Waals surface area contributed by atoms with E-state index < -0.39 is 0 Å². The van der Waals surface area contributed by atoms with Gasteiger partial charge in [0, 0.05) is 25.7 Å². The van der Waals surface area contributed by atoms with Gasteiger partial charge < -0.3 is 9.47 Å². The van der Waals surface area contributed by atoms with E-state index in [1.165, 1.54) is 22.9 Å². The van der Waals surface area contributed by atoms with Crippen molar-refractivity contribution in [2.24, 2.45) is 13.0 Å². The summed E-state index contributed by atoms with van der Waals surface area (Å²) in [5, 5.41) is 9.45. The molecule has 5 nitrogen and oxygen atoms in total. The zero-order valence-electron chi connectivity index (χ0n) is 17.6. The Labute approximate surface area is 182 Å². The van der Waals surface area contributed by atoms with Crippen molar-refractivity contribution in [3.63, 3.8) is 0 Å². The van der Waals surface area contributed by atoms with E-state index in [-0.39, 0.29) is 5.91 Å². The summed E-state index contributed by atoms with van der Waals surface area (Å²) in [6, 6.07) is 18.8. The first kappa shape index (κ1) is 20.7. The molecule has 0 bridgehead atoms. The molecule has 4 rings (SSSR count). The smallest absolute Gasteiger partial charge is 0.233 e. The van der Waals surface area contributed by atoms with Crippen molar-refractivity contribution in [2.75, 3.05) is 18.8 Å². The molecule has 6 heteroatoms. The summed E-state index contributed by atoms with van der Waals surface area (Å²) >= 11 is 1.47. The third-order valence-electron chi connectivity index (χ3n) is 5.88. The highest BCUT2D eigenvalue weighted by atomic mass is 32.2. The summed E-state index contributed by atoms with van der Waals surface area (Å²) < 4.78 is 1.98. The minimum absolute atomic E-state index is 0.193. The first-order valence-corrected chi connectivity index (χ1v) is 11.5. The number of nitrogens with zero attached hydrogens (tertiary/aromatic N) is 4. The molecule has 0 atom stereocenters. The summed E-state index contributed by atoms with van der Waals surface area (Å²) in [6.45, 7) is 3.77. The predicted octanol–water partition coefficient (Wildman–Crippen LogP) is 4.36. The molecule has 2 aromatic carbocycles. The molecule has 1 aliphatic heterocycles. The molecule has 30 heavy (non-hydrogen) atoms. The van der Waals surface area contributed by atoms with E-state index >= 15 is 0 Å². The van der Waals surface area contributed by atoms with Crippen LogP contribution in [0.25, 0.3) is 11.4 Å². The molecule has 0 saturated carbocycles. The Bertz CT molecular complexity index is 993. The van der Waals surface area contributed by atoms with Gasteiger partial charge in [0.1, 0.15) is 0 Å². The summed E-state index contributed by atoms with van der Waals surface area (Å²) in [4.78, 5) is 14.7. The maximum Gasteiger partial charge on any atom is 0.233 e. The zero-order chi connectivity index (χ0) is 20.9. The van der Waals surface area contributed by atoms with Crippen LogP contribution in [0, 0.1) is 12.8 Å². The van der Waals surface area contributed by atoms with Gasteiger partial charge in [-0.15, -0.1) is 10.2 Å². The van der Waals surface area contributed by atoms with Gasteiger partial charge in [0.25, 0.3) is 0 Å². The van der Waals surface area contributed by atoms with Crippen molar-refractivity contribution < 1.29 is 4.79 Å². The van der Waals surface area contributed by atoms with Crippen LogP contribution >= 0.6 is 11.8 Å². The molecule has 1 aromatic heterocycles. The summed E-state index contributed by atoms with van der Waals surface area (Å²) in [7, 11) is 1.96. The quantitative estimate of drug-likeness (QED) is 0.556. The number of piperidine rings is 1. The highest BCUT2D eigenvalue weighted by molar-refractivity contribution is 7.99. The van der Waals surface area contributed by atoms with Gasteiger partial charge in [-0.05, 0) is 43.2 Å². The number of rotatable bonds is 6. The van der Waals surface area contributed by atoms with Crippen LogP contribution in [0.15, 0.2) is 59.8 Å². The number of hydrogen-bond donors (Lipinski definition) is 0. The Morgan fingerprint density at radius 3 is 2.47 bits per heavy atom. The number of benzene rings is 2. The number of aromatic nitrogens is 3. The lowest BCUT2D eigenvalue weighted by Gasteiger charge is -2.32. The normalized spacial score (nSPS) is 14.8. The zero-order valence-corrected chi connectivity index (χ0v) is 18.4. The van der Waals surface area contributed by atoms with Gasteiger partial charge in [-0.1, -0.05) is 66.4 Å². The van der Waals surface area contributed by atoms with Gasteiger partial charge in [-0.3, -0.25) is 4.79 Å². The Morgan fingerprint density at radius 2 is 1.73 bits per heavy atom. The molecule has 156 valence electrons. The molecule has 3 aromatic rings. The third-order valence-corrected chi connectivity index (χ3v) is 6.89. The molecule has 1 aliphatic rings. The summed E-state index contributed by atoms with van der Waals surface area (Å²) in [6.07, 6.45) is 3.26. The van der Waals surface area contributed by atoms with E-state index in [1.807, 2.05) is 28.6 Å². The van der Waals surface area contributed by atoms with Crippen molar-refractivity contribution in [1.82, 2.24) is 19.7 Å². The largest absolute Gasteiger partial charge is 0.342 e. The topological polar surface area (TPSA) is 51.0 Å². The van der Waals surface area contributed by atoms with E-state index in [2.05, 4.69) is 59.6 Å². The molecule has 2 heterocycles. The van der Waals surface area contributed by atoms with Gasteiger partial charge in [-0.2, -0.15) is 0 Å². The van der Waals surface area contributed by atoms with Crippen molar-refractivity contribution in [1.29, 1.82) is 0 Å². The molecule has 0 N–H and O–H groups in total. The van der Waals surface area contributed by atoms with E-state index in [0.29, 0.717) is 11.7 Å². The molecule has 0 unspecified atom stereocenters. The van der Waals surface area contributed by atoms with Crippen LogP contribution in [-0.4, -0.2) is 44.4 Å². The highest BCUT2D eigenvalue weighted by Crippen LogP contribution is 2.26. The number of thioether (sulfide) groups is 1. The molecular weight excluding hydrogens is 392 g/mol. The second-order valence-electron chi connectivity index (χ2n) is 7.98. The number of aryl methyl sites for hydroxylation is 1. The Balaban J connectivity index is 1.29. The summed E-state index contributed by atoms with van der Waals surface area (Å²) in [5.74, 6) is 2.10. The molecule has 0 spiro atoms. The van der Waals surface area contributed by atoms with Gasteiger partial charge in [0.05, 0.1) is 5.75 Å². The molecule has 1 amide bonds. The van der Waals surface area contributed by atoms with Crippen LogP contribution in [0.5, 0.6) is 0 Å². The minimum Gasteiger partial charge on any atom is -0.342 e. The molecule has 0 radical (unpaired) electrons. The number of carbonyl (C=O) groups excluding carboxylic acids is 1. The number of likely N-dealkylation sites (tertiary alicyclic amines) is 1. The van der Waals surface area contributed by atoms with E-state index in [1.54, 1.807) is 0 Å². The van der Waals surface area contributed by atoms with Gasteiger partial charge in [0.2, 0.25) is 5.91 Å². The first-order valence-electron chi connectivity index (χ1n) is 10.5. The van der Waals surface area contributed by atoms with Crippen LogP contribution in [0.2, 0.25) is 0 Å². The average molecular weight is 421 g/mol. The van der Waals surface area contributed by atoms with E-state index in [9.17, 15) is 4.79 Å². The van der Waals surface area contributed by atoms with Crippen LogP contribution in [0.4, 0.5) is 0 Å². The van der Waals surface area contributed by atoms with E-state index in [4.69, 9.17) is 0 Å². The Morgan fingerprint density at radius 1 is 1.03 bits per heavy atom. The monoisotopic (exact) mass is 420 g/mol. The van der Waals surface area contributed by atoms with E-state index in [0.717, 1.165) is 48.9 Å². The second-order valence-corrected chi connectivity index (χ2v) is 8.93. The van der Waals surface area contributed by atoms with Crippen LogP contribution in [0.3, 0.4) is 0 Å². The van der Waals surface area contributed by atoms with Gasteiger partial charge in [0.15, 0.2) is 11.0 Å². The Kier molecular flexibility index (Phi) is 6.53. The van der Waals surface area contributed by atoms with Gasteiger partial charge in [-0.25, -0.2) is 0 Å². The lowest BCUT2D eigenvalue weighted by Crippen LogP contribution is -2.39. The molecule has 1 fully saturated rings. The third kappa shape index (κ3) is 4.75. The standard InChI is InChI=1S/C24H28N4OS/c1-18-8-6-7-11-21(18)23-25-26-24(27(23)2)30-17-22(29)28-14-12-20(13-15-28)16-19-9-4-3-5-10-19/h3-11,20H,12-17H2,1-2H3. The van der Waals surface area contributed by atoms with Crippen LogP contribution < -0.4 is 0 Å². The number of carbonyl (C=O) groups is 1. The van der Waals surface area contributed by atoms with Crippen molar-refractivity contribution >= 4 is 17.7 Å². The maximum atomic E-state index is 12.7. The van der Waals surface area contributed by atoms with Crippen LogP contribution in [-0.2, 0) is 18.3 Å². The number of amides is 1.